The molecule has 1 aliphatic carbocycles. The predicted molar refractivity (Wildman–Crippen MR) is 130 cm³/mol. The lowest BCUT2D eigenvalue weighted by Crippen LogP contribution is -2.41. The van der Waals surface area contributed by atoms with Gasteiger partial charge in [0.1, 0.15) is 18.1 Å². The molecule has 4 rings (SSSR count). The third kappa shape index (κ3) is 5.19. The van der Waals surface area contributed by atoms with Crippen LogP contribution >= 0.6 is 12.2 Å². The fraction of sp³-hybridized carbons (Fsp3) is 0.385. The first-order valence-electron chi connectivity index (χ1n) is 11.4. The minimum atomic E-state index is -0.298. The topological polar surface area (TPSA) is 42.0 Å². The molecule has 2 aromatic carbocycles. The largest absolute Gasteiger partial charge is 0.490 e. The molecule has 1 aliphatic heterocycles. The van der Waals surface area contributed by atoms with Gasteiger partial charge in [0.2, 0.25) is 0 Å². The molecular formula is C26H29FN2O3S. The quantitative estimate of drug-likeness (QED) is 0.395. The first-order chi connectivity index (χ1) is 16.0. The van der Waals surface area contributed by atoms with Crippen molar-refractivity contribution in [3.8, 4) is 11.5 Å². The first kappa shape index (κ1) is 23.2. The van der Waals surface area contributed by atoms with E-state index in [-0.39, 0.29) is 24.4 Å². The Morgan fingerprint density at radius 1 is 1.09 bits per heavy atom. The summed E-state index contributed by atoms with van der Waals surface area (Å²) >= 11 is 5.61. The van der Waals surface area contributed by atoms with Gasteiger partial charge in [-0.15, -0.1) is 0 Å². The van der Waals surface area contributed by atoms with Crippen molar-refractivity contribution in [3.05, 3.63) is 65.1 Å². The molecule has 0 unspecified atom stereocenters. The normalized spacial score (nSPS) is 18.3. The molecular weight excluding hydrogens is 439 g/mol. The van der Waals surface area contributed by atoms with E-state index in [4.69, 9.17) is 21.7 Å². The SMILES string of the molecule is CCOc1cc(/C=C2/C(=O)N(C3CCCCC3)C(=S)N2C)ccc1OCc1cccc(F)c1. The zero-order valence-corrected chi connectivity index (χ0v) is 19.9. The van der Waals surface area contributed by atoms with Crippen LogP contribution < -0.4 is 9.47 Å². The highest BCUT2D eigenvalue weighted by Gasteiger charge is 2.40. The van der Waals surface area contributed by atoms with Crippen LogP contribution in [0.1, 0.15) is 50.2 Å². The van der Waals surface area contributed by atoms with Gasteiger partial charge in [0.05, 0.1) is 6.61 Å². The van der Waals surface area contributed by atoms with Crippen molar-refractivity contribution in [1.82, 2.24) is 9.80 Å². The van der Waals surface area contributed by atoms with Gasteiger partial charge in [-0.1, -0.05) is 37.5 Å². The van der Waals surface area contributed by atoms with Crippen molar-refractivity contribution in [2.24, 2.45) is 0 Å². The molecule has 7 heteroatoms. The highest BCUT2D eigenvalue weighted by Crippen LogP contribution is 2.33. The lowest BCUT2D eigenvalue weighted by Gasteiger charge is -2.30. The lowest BCUT2D eigenvalue weighted by atomic mass is 9.94. The molecule has 2 fully saturated rings. The second kappa shape index (κ2) is 10.3. The number of nitrogens with zero attached hydrogens (tertiary/aromatic N) is 2. The third-order valence-electron chi connectivity index (χ3n) is 6.09. The monoisotopic (exact) mass is 468 g/mol. The van der Waals surface area contributed by atoms with Crippen LogP contribution in [0.5, 0.6) is 11.5 Å². The molecule has 174 valence electrons. The van der Waals surface area contributed by atoms with E-state index < -0.39 is 0 Å². The summed E-state index contributed by atoms with van der Waals surface area (Å²) in [6, 6.07) is 12.0. The van der Waals surface area contributed by atoms with Crippen molar-refractivity contribution in [2.75, 3.05) is 13.7 Å². The molecule has 1 saturated carbocycles. The summed E-state index contributed by atoms with van der Waals surface area (Å²) in [6.07, 6.45) is 7.33. The molecule has 5 nitrogen and oxygen atoms in total. The highest BCUT2D eigenvalue weighted by molar-refractivity contribution is 7.80. The summed E-state index contributed by atoms with van der Waals surface area (Å²) in [4.78, 5) is 16.8. The molecule has 33 heavy (non-hydrogen) atoms. The fourth-order valence-electron chi connectivity index (χ4n) is 4.39. The van der Waals surface area contributed by atoms with E-state index in [1.54, 1.807) is 15.9 Å². The maximum Gasteiger partial charge on any atom is 0.277 e. The Hall–Kier alpha value is -2.93. The number of likely N-dealkylation sites (N-methyl/N-ethyl adjacent to an activating group) is 1. The molecule has 0 bridgehead atoms. The minimum absolute atomic E-state index is 0.0428. The van der Waals surface area contributed by atoms with Crippen molar-refractivity contribution < 1.29 is 18.7 Å². The molecule has 2 aliphatic rings. The number of benzene rings is 2. The van der Waals surface area contributed by atoms with Gasteiger partial charge in [-0.3, -0.25) is 9.69 Å². The first-order valence-corrected chi connectivity index (χ1v) is 11.9. The Morgan fingerprint density at radius 3 is 2.61 bits per heavy atom. The van der Waals surface area contributed by atoms with E-state index in [0.29, 0.717) is 28.9 Å². The summed E-state index contributed by atoms with van der Waals surface area (Å²) in [5, 5.41) is 0.568. The molecule has 0 radical (unpaired) electrons. The van der Waals surface area contributed by atoms with Crippen molar-refractivity contribution in [3.63, 3.8) is 0 Å². The molecule has 0 N–H and O–H groups in total. The number of rotatable bonds is 7. The standard InChI is InChI=1S/C26H29FN2O3S/c1-3-31-24-16-18(12-13-23(24)32-17-19-8-7-9-20(27)14-19)15-22-25(30)29(26(33)28(22)2)21-10-5-4-6-11-21/h7-9,12-16,21H,3-6,10-11,17H2,1-2H3/b22-15-. The Bertz CT molecular complexity index is 1070. The molecule has 0 atom stereocenters. The zero-order valence-electron chi connectivity index (χ0n) is 19.1. The summed E-state index contributed by atoms with van der Waals surface area (Å²) in [7, 11) is 1.84. The fourth-order valence-corrected chi connectivity index (χ4v) is 4.72. The second-order valence-electron chi connectivity index (χ2n) is 8.40. The number of hydrogen-bond acceptors (Lipinski definition) is 4. The van der Waals surface area contributed by atoms with Gasteiger partial charge in [-0.05, 0) is 73.5 Å². The van der Waals surface area contributed by atoms with E-state index in [9.17, 15) is 9.18 Å². The Balaban J connectivity index is 1.55. The number of amides is 1. The van der Waals surface area contributed by atoms with Crippen LogP contribution in [0.2, 0.25) is 0 Å². The van der Waals surface area contributed by atoms with Crippen molar-refractivity contribution in [2.45, 2.75) is 51.7 Å². The maximum absolute atomic E-state index is 13.4. The highest BCUT2D eigenvalue weighted by atomic mass is 32.1. The second-order valence-corrected chi connectivity index (χ2v) is 8.76. The summed E-state index contributed by atoms with van der Waals surface area (Å²) < 4.78 is 25.1. The van der Waals surface area contributed by atoms with Crippen molar-refractivity contribution in [1.29, 1.82) is 0 Å². The smallest absolute Gasteiger partial charge is 0.277 e. The number of ether oxygens (including phenoxy) is 2. The van der Waals surface area contributed by atoms with Gasteiger partial charge in [-0.25, -0.2) is 4.39 Å². The number of thiocarbonyl (C=S) groups is 1. The molecule has 1 amide bonds. The molecule has 1 heterocycles. The average Bonchev–Trinajstić information content (AvgIpc) is 3.02. The van der Waals surface area contributed by atoms with Crippen LogP contribution in [0.15, 0.2) is 48.2 Å². The minimum Gasteiger partial charge on any atom is -0.490 e. The van der Waals surface area contributed by atoms with Gasteiger partial charge < -0.3 is 14.4 Å². The van der Waals surface area contributed by atoms with E-state index in [2.05, 4.69) is 0 Å². The van der Waals surface area contributed by atoms with Crippen LogP contribution in [-0.2, 0) is 11.4 Å². The van der Waals surface area contributed by atoms with Gasteiger partial charge in [0.25, 0.3) is 5.91 Å². The predicted octanol–water partition coefficient (Wildman–Crippen LogP) is 5.54. The zero-order chi connectivity index (χ0) is 23.4. The van der Waals surface area contributed by atoms with Crippen LogP contribution in [0.25, 0.3) is 6.08 Å². The Kier molecular flexibility index (Phi) is 7.28. The van der Waals surface area contributed by atoms with Gasteiger partial charge >= 0.3 is 0 Å². The van der Waals surface area contributed by atoms with Gasteiger partial charge in [0, 0.05) is 13.1 Å². The third-order valence-corrected chi connectivity index (χ3v) is 6.56. The average molecular weight is 469 g/mol. The van der Waals surface area contributed by atoms with Crippen LogP contribution in [-0.4, -0.2) is 40.5 Å². The number of carbonyl (C=O) groups is 1. The van der Waals surface area contributed by atoms with Crippen LogP contribution in [0.4, 0.5) is 4.39 Å². The number of halogens is 1. The number of carbonyl (C=O) groups excluding carboxylic acids is 1. The van der Waals surface area contributed by atoms with Crippen LogP contribution in [0.3, 0.4) is 0 Å². The Morgan fingerprint density at radius 2 is 1.88 bits per heavy atom. The van der Waals surface area contributed by atoms with E-state index in [1.807, 2.05) is 44.3 Å². The van der Waals surface area contributed by atoms with Crippen LogP contribution in [0, 0.1) is 5.82 Å². The lowest BCUT2D eigenvalue weighted by molar-refractivity contribution is -0.124. The van der Waals surface area contributed by atoms with E-state index in [1.165, 1.54) is 18.6 Å². The van der Waals surface area contributed by atoms with Gasteiger partial charge in [-0.2, -0.15) is 0 Å². The summed E-state index contributed by atoms with van der Waals surface area (Å²) in [6.45, 7) is 2.59. The van der Waals surface area contributed by atoms with E-state index >= 15 is 0 Å². The molecule has 0 aromatic heterocycles. The van der Waals surface area contributed by atoms with Gasteiger partial charge in [0.15, 0.2) is 16.6 Å². The molecule has 1 saturated heterocycles. The number of hydrogen-bond donors (Lipinski definition) is 0. The summed E-state index contributed by atoms with van der Waals surface area (Å²) in [5.74, 6) is 0.796. The summed E-state index contributed by atoms with van der Waals surface area (Å²) in [5.41, 5.74) is 2.11. The van der Waals surface area contributed by atoms with Crippen molar-refractivity contribution >= 4 is 29.3 Å². The van der Waals surface area contributed by atoms with E-state index in [0.717, 1.165) is 36.8 Å². The maximum atomic E-state index is 13.4. The molecule has 0 spiro atoms. The molecule has 2 aromatic rings. The Labute approximate surface area is 199 Å².